The molecule has 1 saturated carbocycles. The molecule has 0 bridgehead atoms. The number of amides is 2. The van der Waals surface area contributed by atoms with Gasteiger partial charge in [0.05, 0.1) is 11.6 Å². The molecule has 3 nitrogen and oxygen atoms in total. The van der Waals surface area contributed by atoms with Crippen LogP contribution >= 0.6 is 0 Å². The summed E-state index contributed by atoms with van der Waals surface area (Å²) in [6.45, 7) is 6.84. The van der Waals surface area contributed by atoms with Crippen molar-refractivity contribution in [2.24, 2.45) is 17.3 Å². The van der Waals surface area contributed by atoms with Gasteiger partial charge >= 0.3 is 12.2 Å². The second kappa shape index (κ2) is 9.33. The molecule has 2 amide bonds. The van der Waals surface area contributed by atoms with Gasteiger partial charge in [0, 0.05) is 5.69 Å². The van der Waals surface area contributed by atoms with Gasteiger partial charge in [0.25, 0.3) is 0 Å². The Hall–Kier alpha value is -2.50. The van der Waals surface area contributed by atoms with E-state index < -0.39 is 17.8 Å². The van der Waals surface area contributed by atoms with Crippen molar-refractivity contribution < 1.29 is 18.0 Å². The Balaban J connectivity index is 1.69. The van der Waals surface area contributed by atoms with Crippen LogP contribution < -0.4 is 10.6 Å². The number of hydrogen-bond acceptors (Lipinski definition) is 1. The molecule has 1 unspecified atom stereocenters. The predicted molar refractivity (Wildman–Crippen MR) is 118 cm³/mol. The van der Waals surface area contributed by atoms with E-state index >= 15 is 0 Å². The highest BCUT2D eigenvalue weighted by Crippen LogP contribution is 2.43. The van der Waals surface area contributed by atoms with E-state index in [1.807, 2.05) is 30.3 Å². The van der Waals surface area contributed by atoms with Crippen LogP contribution in [0, 0.1) is 17.3 Å². The zero-order valence-electron chi connectivity index (χ0n) is 18.3. The van der Waals surface area contributed by atoms with Gasteiger partial charge in [0.1, 0.15) is 0 Å². The van der Waals surface area contributed by atoms with Crippen molar-refractivity contribution >= 4 is 11.7 Å². The van der Waals surface area contributed by atoms with Crippen molar-refractivity contribution in [1.29, 1.82) is 0 Å². The maximum Gasteiger partial charge on any atom is 0.416 e. The molecule has 1 fully saturated rings. The van der Waals surface area contributed by atoms with Gasteiger partial charge in [-0.3, -0.25) is 0 Å². The highest BCUT2D eigenvalue weighted by Gasteiger charge is 2.34. The fourth-order valence-corrected chi connectivity index (χ4v) is 4.50. The second-order valence-electron chi connectivity index (χ2n) is 9.54. The third kappa shape index (κ3) is 6.25. The summed E-state index contributed by atoms with van der Waals surface area (Å²) in [5.41, 5.74) is 0.912. The van der Waals surface area contributed by atoms with Gasteiger partial charge in [0.15, 0.2) is 0 Å². The molecule has 0 spiro atoms. The number of urea groups is 1. The summed E-state index contributed by atoms with van der Waals surface area (Å²) < 4.78 is 38.2. The van der Waals surface area contributed by atoms with E-state index in [4.69, 9.17) is 0 Å². The maximum absolute atomic E-state index is 12.7. The van der Waals surface area contributed by atoms with Gasteiger partial charge in [-0.25, -0.2) is 4.79 Å². The van der Waals surface area contributed by atoms with Gasteiger partial charge in [0.2, 0.25) is 0 Å². The molecule has 1 aliphatic rings. The molecule has 0 aromatic heterocycles. The summed E-state index contributed by atoms with van der Waals surface area (Å²) in [5.74, 6) is 0.987. The lowest BCUT2D eigenvalue weighted by Gasteiger charge is -2.39. The summed E-state index contributed by atoms with van der Waals surface area (Å²) >= 11 is 0. The normalized spacial score (nSPS) is 20.7. The van der Waals surface area contributed by atoms with Gasteiger partial charge < -0.3 is 10.6 Å². The quantitative estimate of drug-likeness (QED) is 0.518. The van der Waals surface area contributed by atoms with Crippen LogP contribution in [0.3, 0.4) is 0 Å². The minimum Gasteiger partial charge on any atom is -0.331 e. The first kappa shape index (κ1) is 23.2. The lowest BCUT2D eigenvalue weighted by molar-refractivity contribution is -0.137. The zero-order valence-corrected chi connectivity index (χ0v) is 18.3. The third-order valence-corrected chi connectivity index (χ3v) is 6.38. The van der Waals surface area contributed by atoms with Crippen LogP contribution in [0.1, 0.15) is 63.6 Å². The Morgan fingerprint density at radius 1 is 0.903 bits per heavy atom. The summed E-state index contributed by atoms with van der Waals surface area (Å²) in [4.78, 5) is 12.7. The number of nitrogens with one attached hydrogen (secondary N) is 2. The number of anilines is 1. The summed E-state index contributed by atoms with van der Waals surface area (Å²) in [6.07, 6.45) is -0.0887. The molecule has 0 saturated heterocycles. The first-order chi connectivity index (χ1) is 14.5. The number of carbonyl (C=O) groups excluding carboxylic acids is 1. The molecule has 6 heteroatoms. The summed E-state index contributed by atoms with van der Waals surface area (Å²) in [5, 5.41) is 5.75. The zero-order chi connectivity index (χ0) is 22.6. The number of carbonyl (C=O) groups is 1. The largest absolute Gasteiger partial charge is 0.416 e. The van der Waals surface area contributed by atoms with Crippen LogP contribution in [-0.4, -0.2) is 6.03 Å². The Morgan fingerprint density at radius 2 is 1.48 bits per heavy atom. The van der Waals surface area contributed by atoms with Gasteiger partial charge in [-0.2, -0.15) is 13.2 Å². The number of halogens is 3. The van der Waals surface area contributed by atoms with Crippen molar-refractivity contribution in [3.63, 3.8) is 0 Å². The van der Waals surface area contributed by atoms with Gasteiger partial charge in [-0.05, 0) is 72.8 Å². The molecule has 1 atom stereocenters. The van der Waals surface area contributed by atoms with E-state index in [0.717, 1.165) is 43.4 Å². The van der Waals surface area contributed by atoms with E-state index in [0.29, 0.717) is 17.5 Å². The SMILES string of the molecule is CC(C)(C)C1CCC(C(NC(=O)Nc2ccc(C(F)(F)F)cc2)c2ccccc2)CC1. The number of hydrogen-bond donors (Lipinski definition) is 2. The smallest absolute Gasteiger partial charge is 0.331 e. The van der Waals surface area contributed by atoms with Gasteiger partial charge in [-0.15, -0.1) is 0 Å². The van der Waals surface area contributed by atoms with Crippen LogP contribution in [-0.2, 0) is 6.18 Å². The van der Waals surface area contributed by atoms with E-state index in [-0.39, 0.29) is 11.5 Å². The predicted octanol–water partition coefficient (Wildman–Crippen LogP) is 7.42. The van der Waals surface area contributed by atoms with E-state index in [2.05, 4.69) is 31.4 Å². The van der Waals surface area contributed by atoms with Crippen molar-refractivity contribution in [1.82, 2.24) is 5.32 Å². The fraction of sp³-hybridized carbons (Fsp3) is 0.480. The molecule has 2 N–H and O–H groups in total. The minimum absolute atomic E-state index is 0.142. The van der Waals surface area contributed by atoms with Crippen molar-refractivity contribution in [3.8, 4) is 0 Å². The van der Waals surface area contributed by atoms with Crippen LogP contribution in [0.5, 0.6) is 0 Å². The lowest BCUT2D eigenvalue weighted by Crippen LogP contribution is -2.38. The topological polar surface area (TPSA) is 41.1 Å². The fourth-order valence-electron chi connectivity index (χ4n) is 4.50. The van der Waals surface area contributed by atoms with Crippen molar-refractivity contribution in [3.05, 3.63) is 65.7 Å². The van der Waals surface area contributed by atoms with Crippen LogP contribution in [0.25, 0.3) is 0 Å². The number of rotatable bonds is 4. The Kier molecular flexibility index (Phi) is 6.97. The van der Waals surface area contributed by atoms with Gasteiger partial charge in [-0.1, -0.05) is 51.1 Å². The van der Waals surface area contributed by atoms with E-state index in [1.54, 1.807) is 0 Å². The Labute approximate surface area is 182 Å². The molecule has 0 radical (unpaired) electrons. The minimum atomic E-state index is -4.40. The monoisotopic (exact) mass is 432 g/mol. The standard InChI is InChI=1S/C25H31F3N2O/c1-24(2,3)19-11-9-18(10-12-19)22(17-7-5-4-6-8-17)30-23(31)29-21-15-13-20(14-16-21)25(26,27)28/h4-8,13-16,18-19,22H,9-12H2,1-3H3,(H2,29,30,31). The molecule has 2 aromatic rings. The lowest BCUT2D eigenvalue weighted by atomic mass is 9.68. The molecule has 31 heavy (non-hydrogen) atoms. The number of alkyl halides is 3. The molecular weight excluding hydrogens is 401 g/mol. The average molecular weight is 433 g/mol. The molecule has 168 valence electrons. The Morgan fingerprint density at radius 3 is 2.00 bits per heavy atom. The van der Waals surface area contributed by atoms with E-state index in [1.165, 1.54) is 12.1 Å². The third-order valence-electron chi connectivity index (χ3n) is 6.38. The summed E-state index contributed by atoms with van der Waals surface area (Å²) in [6, 6.07) is 13.8. The van der Waals surface area contributed by atoms with Crippen LogP contribution in [0.4, 0.5) is 23.7 Å². The average Bonchev–Trinajstić information content (AvgIpc) is 2.72. The highest BCUT2D eigenvalue weighted by atomic mass is 19.4. The molecular formula is C25H31F3N2O. The first-order valence-electron chi connectivity index (χ1n) is 10.8. The van der Waals surface area contributed by atoms with Crippen LogP contribution in [0.2, 0.25) is 0 Å². The molecule has 2 aromatic carbocycles. The molecule has 0 aliphatic heterocycles. The maximum atomic E-state index is 12.7. The van der Waals surface area contributed by atoms with Crippen molar-refractivity contribution in [2.45, 2.75) is 58.7 Å². The molecule has 3 rings (SSSR count). The first-order valence-corrected chi connectivity index (χ1v) is 10.8. The van der Waals surface area contributed by atoms with E-state index in [9.17, 15) is 18.0 Å². The molecule has 0 heterocycles. The number of benzene rings is 2. The Bertz CT molecular complexity index is 849. The second-order valence-corrected chi connectivity index (χ2v) is 9.54. The molecule has 1 aliphatic carbocycles. The van der Waals surface area contributed by atoms with Crippen LogP contribution in [0.15, 0.2) is 54.6 Å². The highest BCUT2D eigenvalue weighted by molar-refractivity contribution is 5.89. The summed E-state index contributed by atoms with van der Waals surface area (Å²) in [7, 11) is 0. The van der Waals surface area contributed by atoms with Crippen molar-refractivity contribution in [2.75, 3.05) is 5.32 Å².